The first-order valence-corrected chi connectivity index (χ1v) is 8.04. The van der Waals surface area contributed by atoms with Crippen LogP contribution in [0, 0.1) is 5.92 Å². The number of hydrogen-bond acceptors (Lipinski definition) is 2. The number of aromatic nitrogens is 3. The molecule has 0 fully saturated rings. The second-order valence-electron chi connectivity index (χ2n) is 6.33. The maximum absolute atomic E-state index is 12.8. The average Bonchev–Trinajstić information content (AvgIpc) is 3.21. The van der Waals surface area contributed by atoms with E-state index in [9.17, 15) is 4.79 Å². The van der Waals surface area contributed by atoms with E-state index < -0.39 is 0 Å². The van der Waals surface area contributed by atoms with Crippen molar-refractivity contribution in [3.05, 3.63) is 54.2 Å². The number of H-pyrrole nitrogens is 1. The van der Waals surface area contributed by atoms with Crippen molar-refractivity contribution in [3.8, 4) is 0 Å². The van der Waals surface area contributed by atoms with Crippen molar-refractivity contribution in [2.24, 2.45) is 5.92 Å². The summed E-state index contributed by atoms with van der Waals surface area (Å²) in [6.45, 7) is 1.76. The number of para-hydroxylation sites is 1. The Hall–Kier alpha value is -2.56. The van der Waals surface area contributed by atoms with Crippen molar-refractivity contribution in [3.63, 3.8) is 0 Å². The topological polar surface area (TPSA) is 53.9 Å². The van der Waals surface area contributed by atoms with Crippen molar-refractivity contribution in [1.29, 1.82) is 0 Å². The first-order chi connectivity index (χ1) is 11.2. The van der Waals surface area contributed by atoms with Gasteiger partial charge >= 0.3 is 0 Å². The summed E-state index contributed by atoms with van der Waals surface area (Å²) in [6, 6.07) is 7.84. The molecular weight excluding hydrogens is 288 g/mol. The molecule has 1 atom stereocenters. The Morgan fingerprint density at radius 3 is 3.26 bits per heavy atom. The molecule has 1 N–H and O–H groups in total. The summed E-state index contributed by atoms with van der Waals surface area (Å²) in [5.74, 6) is 1.68. The zero-order chi connectivity index (χ0) is 15.8. The van der Waals surface area contributed by atoms with Gasteiger partial charge in [-0.2, -0.15) is 0 Å². The Bertz CT molecular complexity index is 847. The van der Waals surface area contributed by atoms with Crippen molar-refractivity contribution in [2.45, 2.75) is 19.4 Å². The van der Waals surface area contributed by atoms with Crippen molar-refractivity contribution in [1.82, 2.24) is 19.4 Å². The van der Waals surface area contributed by atoms with Crippen molar-refractivity contribution in [2.75, 3.05) is 13.6 Å². The van der Waals surface area contributed by atoms with E-state index in [0.29, 0.717) is 5.92 Å². The number of nitrogens with zero attached hydrogens (tertiary/aromatic N) is 3. The third-order valence-corrected chi connectivity index (χ3v) is 4.75. The third-order valence-electron chi connectivity index (χ3n) is 4.75. The highest BCUT2D eigenvalue weighted by atomic mass is 16.2. The van der Waals surface area contributed by atoms with Crippen LogP contribution in [0.3, 0.4) is 0 Å². The molecule has 0 saturated heterocycles. The number of nitrogens with one attached hydrogen (secondary N) is 1. The highest BCUT2D eigenvalue weighted by Crippen LogP contribution is 2.22. The molecule has 2 aromatic heterocycles. The zero-order valence-corrected chi connectivity index (χ0v) is 13.2. The largest absolute Gasteiger partial charge is 0.361 e. The van der Waals surface area contributed by atoms with Gasteiger partial charge in [0.25, 0.3) is 5.91 Å². The Balaban J connectivity index is 1.50. The van der Waals surface area contributed by atoms with Crippen LogP contribution in [-0.2, 0) is 13.0 Å². The molecular formula is C18H20N4O. The third kappa shape index (κ3) is 2.52. The number of benzene rings is 1. The monoisotopic (exact) mass is 308 g/mol. The normalized spacial score (nSPS) is 17.2. The van der Waals surface area contributed by atoms with Crippen molar-refractivity contribution >= 4 is 16.8 Å². The Kier molecular flexibility index (Phi) is 3.41. The lowest BCUT2D eigenvalue weighted by Gasteiger charge is -2.28. The first-order valence-electron chi connectivity index (χ1n) is 8.04. The van der Waals surface area contributed by atoms with Gasteiger partial charge < -0.3 is 14.5 Å². The van der Waals surface area contributed by atoms with Crippen LogP contribution in [0.5, 0.6) is 0 Å². The zero-order valence-electron chi connectivity index (χ0n) is 13.2. The van der Waals surface area contributed by atoms with Gasteiger partial charge in [-0.05, 0) is 24.5 Å². The summed E-state index contributed by atoms with van der Waals surface area (Å²) >= 11 is 0. The molecule has 1 aliphatic heterocycles. The van der Waals surface area contributed by atoms with Crippen LogP contribution in [0.15, 0.2) is 42.9 Å². The number of hydrogen-bond donors (Lipinski definition) is 1. The summed E-state index contributed by atoms with van der Waals surface area (Å²) in [6.07, 6.45) is 7.80. The lowest BCUT2D eigenvalue weighted by molar-refractivity contribution is 0.0765. The number of rotatable bonds is 3. The molecule has 3 heterocycles. The van der Waals surface area contributed by atoms with Crippen LogP contribution < -0.4 is 0 Å². The molecule has 0 spiro atoms. The van der Waals surface area contributed by atoms with Crippen LogP contribution in [0.1, 0.15) is 22.6 Å². The van der Waals surface area contributed by atoms with E-state index >= 15 is 0 Å². The van der Waals surface area contributed by atoms with Crippen molar-refractivity contribution < 1.29 is 4.79 Å². The molecule has 0 saturated carbocycles. The van der Waals surface area contributed by atoms with Gasteiger partial charge in [-0.3, -0.25) is 4.79 Å². The van der Waals surface area contributed by atoms with Gasteiger partial charge in [0.15, 0.2) is 0 Å². The minimum atomic E-state index is 0.0759. The maximum Gasteiger partial charge on any atom is 0.255 e. The molecule has 0 aliphatic carbocycles. The number of carbonyl (C=O) groups excluding carboxylic acids is 1. The summed E-state index contributed by atoms with van der Waals surface area (Å²) in [7, 11) is 1.89. The van der Waals surface area contributed by atoms with Gasteiger partial charge in [-0.15, -0.1) is 0 Å². The number of amides is 1. The molecule has 0 radical (unpaired) electrons. The second-order valence-corrected chi connectivity index (χ2v) is 6.33. The number of aromatic amines is 1. The van der Waals surface area contributed by atoms with Crippen LogP contribution in [0.2, 0.25) is 0 Å². The van der Waals surface area contributed by atoms with Gasteiger partial charge in [0.2, 0.25) is 0 Å². The molecule has 23 heavy (non-hydrogen) atoms. The minimum Gasteiger partial charge on any atom is -0.361 e. The van der Waals surface area contributed by atoms with Gasteiger partial charge in [-0.1, -0.05) is 12.1 Å². The van der Waals surface area contributed by atoms with E-state index in [2.05, 4.69) is 14.5 Å². The van der Waals surface area contributed by atoms with E-state index in [-0.39, 0.29) is 5.91 Å². The summed E-state index contributed by atoms with van der Waals surface area (Å²) in [5, 5.41) is 1.07. The number of carbonyl (C=O) groups is 1. The standard InChI is InChI=1S/C18H20N4O/c1-21(12-13-6-9-22-10-8-19-16(22)11-13)18(23)15-4-2-3-14-5-7-20-17(14)15/h2-5,7-8,10,13,20H,6,9,11-12H2,1H3/t13-/m1/s1. The van der Waals surface area contributed by atoms with Gasteiger partial charge in [0, 0.05) is 50.5 Å². The lowest BCUT2D eigenvalue weighted by Crippen LogP contribution is -2.35. The van der Waals surface area contributed by atoms with E-state index in [1.807, 2.05) is 54.8 Å². The predicted octanol–water partition coefficient (Wildman–Crippen LogP) is 2.70. The highest BCUT2D eigenvalue weighted by Gasteiger charge is 2.23. The van der Waals surface area contributed by atoms with Crippen LogP contribution in [0.25, 0.3) is 10.9 Å². The maximum atomic E-state index is 12.8. The smallest absolute Gasteiger partial charge is 0.255 e. The molecule has 5 nitrogen and oxygen atoms in total. The average molecular weight is 308 g/mol. The molecule has 1 amide bonds. The Morgan fingerprint density at radius 1 is 1.43 bits per heavy atom. The Labute approximate surface area is 134 Å². The quantitative estimate of drug-likeness (QED) is 0.809. The van der Waals surface area contributed by atoms with Gasteiger partial charge in [-0.25, -0.2) is 4.98 Å². The van der Waals surface area contributed by atoms with E-state index in [1.165, 1.54) is 0 Å². The molecule has 4 rings (SSSR count). The van der Waals surface area contributed by atoms with Gasteiger partial charge in [0.1, 0.15) is 5.82 Å². The van der Waals surface area contributed by atoms with Crippen LogP contribution in [-0.4, -0.2) is 38.9 Å². The summed E-state index contributed by atoms with van der Waals surface area (Å²) in [4.78, 5) is 22.2. The molecule has 0 bridgehead atoms. The fourth-order valence-electron chi connectivity index (χ4n) is 3.51. The summed E-state index contributed by atoms with van der Waals surface area (Å²) in [5.41, 5.74) is 1.66. The molecule has 1 aromatic carbocycles. The number of fused-ring (bicyclic) bond motifs is 2. The fourth-order valence-corrected chi connectivity index (χ4v) is 3.51. The Morgan fingerprint density at radius 2 is 2.35 bits per heavy atom. The highest BCUT2D eigenvalue weighted by molar-refractivity contribution is 6.05. The second kappa shape index (κ2) is 5.57. The number of aryl methyl sites for hydroxylation is 1. The first kappa shape index (κ1) is 14.1. The SMILES string of the molecule is CN(C[C@@H]1CCn2ccnc2C1)C(=O)c1cccc2cc[nH]c12. The molecule has 1 aliphatic rings. The van der Waals surface area contributed by atoms with E-state index in [4.69, 9.17) is 0 Å². The molecule has 3 aromatic rings. The summed E-state index contributed by atoms with van der Waals surface area (Å²) < 4.78 is 2.21. The number of imidazole rings is 1. The van der Waals surface area contributed by atoms with Gasteiger partial charge in [0.05, 0.1) is 11.1 Å². The van der Waals surface area contributed by atoms with Crippen LogP contribution >= 0.6 is 0 Å². The van der Waals surface area contributed by atoms with E-state index in [1.54, 1.807) is 0 Å². The lowest BCUT2D eigenvalue weighted by atomic mass is 9.97. The predicted molar refractivity (Wildman–Crippen MR) is 89.3 cm³/mol. The van der Waals surface area contributed by atoms with Crippen LogP contribution in [0.4, 0.5) is 0 Å². The minimum absolute atomic E-state index is 0.0759. The molecule has 5 heteroatoms. The fraction of sp³-hybridized carbons (Fsp3) is 0.333. The molecule has 0 unspecified atom stereocenters. The molecule has 118 valence electrons. The van der Waals surface area contributed by atoms with E-state index in [0.717, 1.165) is 48.2 Å².